The molecule has 1 heterocycles. The third-order valence-electron chi connectivity index (χ3n) is 0.957. The lowest BCUT2D eigenvalue weighted by Gasteiger charge is -1.76. The summed E-state index contributed by atoms with van der Waals surface area (Å²) in [6, 6.07) is 0. The van der Waals surface area contributed by atoms with Gasteiger partial charge in [-0.3, -0.25) is 0 Å². The smallest absolute Gasteiger partial charge is 0.00484 e. The molecule has 0 aromatic carbocycles. The van der Waals surface area contributed by atoms with E-state index < -0.39 is 0 Å². The van der Waals surface area contributed by atoms with Crippen LogP contribution in [0.1, 0.15) is 12.8 Å². The lowest BCUT2D eigenvalue weighted by Crippen LogP contribution is -2.03. The summed E-state index contributed by atoms with van der Waals surface area (Å²) in [4.78, 5) is 0. The second-order valence-electron chi connectivity index (χ2n) is 1.46. The number of hydrogen-bond donors (Lipinski definition) is 1. The Kier molecular flexibility index (Phi) is 20.1. The van der Waals surface area contributed by atoms with Gasteiger partial charge in [0, 0.05) is 0 Å². The molecular weight excluding hydrogens is 130 g/mol. The molecule has 1 saturated heterocycles. The predicted molar refractivity (Wildman–Crippen MR) is 36.6 cm³/mol. The van der Waals surface area contributed by atoms with Crippen LogP contribution in [0.3, 0.4) is 0 Å². The van der Waals surface area contributed by atoms with Crippen molar-refractivity contribution in [2.75, 3.05) is 13.1 Å². The summed E-state index contributed by atoms with van der Waals surface area (Å²) in [5, 5.41) is 3.22. The normalized spacial score (nSPS) is 15.0. The molecule has 0 spiro atoms. The first-order valence-electron chi connectivity index (χ1n) is 2.21. The van der Waals surface area contributed by atoms with E-state index in [1.54, 1.807) is 0 Å². The van der Waals surface area contributed by atoms with E-state index in [1.807, 2.05) is 0 Å². The van der Waals surface area contributed by atoms with Crippen LogP contribution in [-0.2, 0) is 0 Å². The topological polar surface area (TPSA) is 75.0 Å². The second kappa shape index (κ2) is 10.2. The maximum absolute atomic E-state index is 3.22. The van der Waals surface area contributed by atoms with Crippen LogP contribution in [0.5, 0.6) is 0 Å². The highest BCUT2D eigenvalue weighted by molar-refractivity contribution is 5.85. The van der Waals surface area contributed by atoms with Crippen molar-refractivity contribution in [1.29, 1.82) is 0 Å². The molecule has 1 aliphatic heterocycles. The maximum Gasteiger partial charge on any atom is -0.00484 e. The highest BCUT2D eigenvalue weighted by Gasteiger charge is 1.93. The molecule has 0 unspecified atom stereocenters. The van der Waals surface area contributed by atoms with E-state index in [0.29, 0.717) is 0 Å². The molecule has 0 amide bonds. The molecule has 3 nitrogen and oxygen atoms in total. The molecule has 8 heavy (non-hydrogen) atoms. The van der Waals surface area contributed by atoms with Crippen molar-refractivity contribution >= 4 is 12.4 Å². The summed E-state index contributed by atoms with van der Waals surface area (Å²) in [6.07, 6.45) is 2.78. The van der Waals surface area contributed by atoms with Gasteiger partial charge in [0.15, 0.2) is 0 Å². The SMILES string of the molecule is C1CCNC1.Cl.O.O. The van der Waals surface area contributed by atoms with Gasteiger partial charge in [0.2, 0.25) is 0 Å². The highest BCUT2D eigenvalue weighted by atomic mass is 35.5. The minimum absolute atomic E-state index is 0. The standard InChI is InChI=1S/C4H9N.ClH.2H2O/c1-2-4-5-3-1;;;/h5H,1-4H2;1H;2*1H2. The van der Waals surface area contributed by atoms with E-state index in [-0.39, 0.29) is 23.4 Å². The van der Waals surface area contributed by atoms with E-state index in [1.165, 1.54) is 25.9 Å². The lowest BCUT2D eigenvalue weighted by molar-refractivity contribution is 0.823. The van der Waals surface area contributed by atoms with Gasteiger partial charge in [-0.15, -0.1) is 12.4 Å². The van der Waals surface area contributed by atoms with Gasteiger partial charge in [0.1, 0.15) is 0 Å². The van der Waals surface area contributed by atoms with Gasteiger partial charge >= 0.3 is 0 Å². The Labute approximate surface area is 55.5 Å². The Hall–Kier alpha value is 0.170. The zero-order valence-corrected chi connectivity index (χ0v) is 5.55. The quantitative estimate of drug-likeness (QED) is 0.471. The van der Waals surface area contributed by atoms with Crippen LogP contribution in [0.4, 0.5) is 0 Å². The van der Waals surface area contributed by atoms with E-state index in [4.69, 9.17) is 0 Å². The molecule has 0 radical (unpaired) electrons. The number of halogens is 1. The molecule has 0 aromatic heterocycles. The molecule has 0 aliphatic carbocycles. The molecule has 1 fully saturated rings. The Balaban J connectivity index is -0.0000000833. The van der Waals surface area contributed by atoms with E-state index in [0.717, 1.165) is 0 Å². The molecule has 4 heteroatoms. The molecule has 0 saturated carbocycles. The molecule has 1 aliphatic rings. The van der Waals surface area contributed by atoms with Crippen molar-refractivity contribution in [2.24, 2.45) is 0 Å². The number of rotatable bonds is 0. The van der Waals surface area contributed by atoms with Crippen LogP contribution in [0, 0.1) is 0 Å². The zero-order valence-electron chi connectivity index (χ0n) is 4.74. The van der Waals surface area contributed by atoms with Crippen LogP contribution in [0.25, 0.3) is 0 Å². The molecule has 1 rings (SSSR count). The summed E-state index contributed by atoms with van der Waals surface area (Å²) < 4.78 is 0. The first-order valence-corrected chi connectivity index (χ1v) is 2.21. The summed E-state index contributed by atoms with van der Waals surface area (Å²) in [5.41, 5.74) is 0. The minimum Gasteiger partial charge on any atom is -0.412 e. The lowest BCUT2D eigenvalue weighted by atomic mass is 10.4. The van der Waals surface area contributed by atoms with Crippen molar-refractivity contribution in [3.8, 4) is 0 Å². The van der Waals surface area contributed by atoms with Gasteiger partial charge in [0.05, 0.1) is 0 Å². The van der Waals surface area contributed by atoms with E-state index in [2.05, 4.69) is 5.32 Å². The van der Waals surface area contributed by atoms with Crippen molar-refractivity contribution in [3.63, 3.8) is 0 Å². The molecule has 0 atom stereocenters. The van der Waals surface area contributed by atoms with E-state index in [9.17, 15) is 0 Å². The average Bonchev–Trinajstić information content (AvgIpc) is 1.76. The van der Waals surface area contributed by atoms with Gasteiger partial charge in [-0.1, -0.05) is 0 Å². The third kappa shape index (κ3) is 6.17. The zero-order chi connectivity index (χ0) is 3.54. The van der Waals surface area contributed by atoms with Crippen LogP contribution < -0.4 is 5.32 Å². The first kappa shape index (κ1) is 15.7. The summed E-state index contributed by atoms with van der Waals surface area (Å²) in [6.45, 7) is 2.50. The fourth-order valence-electron chi connectivity index (χ4n) is 0.625. The summed E-state index contributed by atoms with van der Waals surface area (Å²) in [7, 11) is 0. The minimum atomic E-state index is 0. The number of hydrogen-bond acceptors (Lipinski definition) is 1. The van der Waals surface area contributed by atoms with E-state index >= 15 is 0 Å². The van der Waals surface area contributed by atoms with Gasteiger partial charge in [-0.25, -0.2) is 0 Å². The monoisotopic (exact) mass is 143 g/mol. The predicted octanol–water partition coefficient (Wildman–Crippen LogP) is -0.858. The average molecular weight is 144 g/mol. The summed E-state index contributed by atoms with van der Waals surface area (Å²) >= 11 is 0. The molecular formula is C4H14ClNO2. The van der Waals surface area contributed by atoms with Gasteiger partial charge in [-0.05, 0) is 25.9 Å². The van der Waals surface area contributed by atoms with Crippen LogP contribution in [0.2, 0.25) is 0 Å². The maximum atomic E-state index is 3.22. The van der Waals surface area contributed by atoms with Gasteiger partial charge in [-0.2, -0.15) is 0 Å². The largest absolute Gasteiger partial charge is 0.412 e. The Morgan fingerprint density at radius 1 is 0.875 bits per heavy atom. The van der Waals surface area contributed by atoms with Crippen molar-refractivity contribution in [1.82, 2.24) is 5.32 Å². The van der Waals surface area contributed by atoms with Crippen molar-refractivity contribution in [3.05, 3.63) is 0 Å². The fourth-order valence-corrected chi connectivity index (χ4v) is 0.625. The van der Waals surface area contributed by atoms with Gasteiger partial charge in [0.25, 0.3) is 0 Å². The Morgan fingerprint density at radius 3 is 1.38 bits per heavy atom. The van der Waals surface area contributed by atoms with Crippen LogP contribution >= 0.6 is 12.4 Å². The van der Waals surface area contributed by atoms with Gasteiger partial charge < -0.3 is 16.3 Å². The molecule has 5 N–H and O–H groups in total. The van der Waals surface area contributed by atoms with Crippen LogP contribution in [0.15, 0.2) is 0 Å². The molecule has 0 bridgehead atoms. The third-order valence-corrected chi connectivity index (χ3v) is 0.957. The van der Waals surface area contributed by atoms with Crippen molar-refractivity contribution < 1.29 is 11.0 Å². The Morgan fingerprint density at radius 2 is 1.25 bits per heavy atom. The second-order valence-corrected chi connectivity index (χ2v) is 1.46. The fraction of sp³-hybridized carbons (Fsp3) is 1.00. The summed E-state index contributed by atoms with van der Waals surface area (Å²) in [5.74, 6) is 0. The molecule has 0 aromatic rings. The first-order chi connectivity index (χ1) is 2.50. The van der Waals surface area contributed by atoms with Crippen molar-refractivity contribution in [2.45, 2.75) is 12.8 Å². The Bertz CT molecular complexity index is 25.6. The highest BCUT2D eigenvalue weighted by Crippen LogP contribution is 1.90. The van der Waals surface area contributed by atoms with Crippen LogP contribution in [-0.4, -0.2) is 24.0 Å². The number of nitrogens with one attached hydrogen (secondary N) is 1. The molecule has 54 valence electrons.